The van der Waals surface area contributed by atoms with Crippen LogP contribution in [-0.4, -0.2) is 38.1 Å². The van der Waals surface area contributed by atoms with Gasteiger partial charge in [0.05, 0.1) is 11.5 Å². The van der Waals surface area contributed by atoms with Crippen molar-refractivity contribution in [3.63, 3.8) is 0 Å². The minimum atomic E-state index is -3.76. The number of aliphatic carboxylic acids is 1. The Morgan fingerprint density at radius 3 is 2.64 bits per heavy atom. The second-order valence-electron chi connectivity index (χ2n) is 6.61. The number of carboxylic acid groups (broad SMARTS) is 1. The summed E-state index contributed by atoms with van der Waals surface area (Å²) in [6.07, 6.45) is 1.25. The molecule has 3 rings (SSSR count). The quantitative estimate of drug-likeness (QED) is 0.726. The lowest BCUT2D eigenvalue weighted by Gasteiger charge is -2.31. The second kappa shape index (κ2) is 8.20. The van der Waals surface area contributed by atoms with E-state index in [-0.39, 0.29) is 17.3 Å². The van der Waals surface area contributed by atoms with Crippen molar-refractivity contribution in [2.75, 3.05) is 13.2 Å². The van der Waals surface area contributed by atoms with Gasteiger partial charge in [-0.05, 0) is 36.6 Å². The molecule has 0 aromatic heterocycles. The van der Waals surface area contributed by atoms with Gasteiger partial charge in [0.25, 0.3) is 0 Å². The number of ether oxygens (including phenoxy) is 2. The number of fused-ring (bicyclic) bond motifs is 1. The van der Waals surface area contributed by atoms with E-state index in [0.717, 1.165) is 12.0 Å². The van der Waals surface area contributed by atoms with Gasteiger partial charge < -0.3 is 20.3 Å². The molecule has 150 valence electrons. The number of carboxylic acids is 1. The highest BCUT2D eigenvalue weighted by Gasteiger charge is 2.37. The van der Waals surface area contributed by atoms with E-state index in [1.54, 1.807) is 42.5 Å². The summed E-state index contributed by atoms with van der Waals surface area (Å²) in [5.74, 6) is -0.985. The fraction of sp³-hybridized carbons (Fsp3) is 0.350. The van der Waals surface area contributed by atoms with E-state index in [1.807, 2.05) is 6.92 Å². The maximum absolute atomic E-state index is 13.1. The van der Waals surface area contributed by atoms with Crippen molar-refractivity contribution in [2.45, 2.75) is 36.0 Å². The average Bonchev–Trinajstić information content (AvgIpc) is 2.71. The summed E-state index contributed by atoms with van der Waals surface area (Å²) in [6.45, 7) is 1.75. The van der Waals surface area contributed by atoms with Crippen LogP contribution >= 0.6 is 0 Å². The third-order valence-electron chi connectivity index (χ3n) is 4.85. The largest absolute Gasteiger partial charge is 0.489 e. The van der Waals surface area contributed by atoms with Gasteiger partial charge in [-0.1, -0.05) is 31.2 Å². The fourth-order valence-electron chi connectivity index (χ4n) is 3.31. The number of aryl methyl sites for hydroxylation is 1. The lowest BCUT2D eigenvalue weighted by molar-refractivity contribution is -0.139. The third-order valence-corrected chi connectivity index (χ3v) is 6.82. The predicted molar refractivity (Wildman–Crippen MR) is 103 cm³/mol. The Hall–Kier alpha value is -2.58. The number of nitrogens with two attached hydrogens (primary N) is 1. The van der Waals surface area contributed by atoms with E-state index < -0.39 is 33.7 Å². The minimum absolute atomic E-state index is 0.184. The fourth-order valence-corrected chi connectivity index (χ4v) is 4.85. The van der Waals surface area contributed by atoms with Crippen LogP contribution in [0.15, 0.2) is 47.4 Å². The van der Waals surface area contributed by atoms with Gasteiger partial charge in [-0.25, -0.2) is 13.2 Å². The topological polar surface area (TPSA) is 116 Å². The number of sulfone groups is 1. The summed E-state index contributed by atoms with van der Waals surface area (Å²) in [5.41, 5.74) is 7.89. The molecular formula is C20H23NO6S. The van der Waals surface area contributed by atoms with E-state index in [0.29, 0.717) is 17.7 Å². The Balaban J connectivity index is 1.92. The lowest BCUT2D eigenvalue weighted by Crippen LogP contribution is -2.39. The van der Waals surface area contributed by atoms with Crippen LogP contribution in [0.4, 0.5) is 0 Å². The minimum Gasteiger partial charge on any atom is -0.489 e. The van der Waals surface area contributed by atoms with Crippen molar-refractivity contribution < 1.29 is 27.8 Å². The molecule has 7 nitrogen and oxygen atoms in total. The highest BCUT2D eigenvalue weighted by molar-refractivity contribution is 7.92. The molecule has 0 spiro atoms. The Bertz CT molecular complexity index is 955. The van der Waals surface area contributed by atoms with Gasteiger partial charge in [-0.3, -0.25) is 0 Å². The van der Waals surface area contributed by atoms with Crippen molar-refractivity contribution >= 4 is 15.8 Å². The van der Waals surface area contributed by atoms with Crippen LogP contribution in [0.3, 0.4) is 0 Å². The molecular weight excluding hydrogens is 382 g/mol. The van der Waals surface area contributed by atoms with E-state index in [4.69, 9.17) is 20.3 Å². The van der Waals surface area contributed by atoms with Gasteiger partial charge >= 0.3 is 5.97 Å². The van der Waals surface area contributed by atoms with Crippen LogP contribution < -0.4 is 15.2 Å². The standard InChI is InChI=1S/C20H23NO6S/c1-2-13-6-8-14(9-7-13)28(24,25)20(21)16-10-11-26-19-15(16)4-3-5-17(19)27-12-18(22)23/h3-9,16,20H,2,10-12,21H2,1H3,(H,22,23). The molecule has 2 aromatic rings. The highest BCUT2D eigenvalue weighted by atomic mass is 32.2. The van der Waals surface area contributed by atoms with Crippen molar-refractivity contribution in [2.24, 2.45) is 5.73 Å². The molecule has 0 radical (unpaired) electrons. The molecule has 0 bridgehead atoms. The summed E-state index contributed by atoms with van der Waals surface area (Å²) < 4.78 is 37.1. The monoisotopic (exact) mass is 405 g/mol. The van der Waals surface area contributed by atoms with Crippen molar-refractivity contribution in [1.82, 2.24) is 0 Å². The normalized spacial score (nSPS) is 17.3. The number of para-hydroxylation sites is 1. The molecule has 8 heteroatoms. The van der Waals surface area contributed by atoms with Gasteiger partial charge in [0.15, 0.2) is 27.9 Å². The van der Waals surface area contributed by atoms with Crippen LogP contribution in [0.2, 0.25) is 0 Å². The molecule has 2 unspecified atom stereocenters. The predicted octanol–water partition coefficient (Wildman–Crippen LogP) is 2.34. The van der Waals surface area contributed by atoms with Gasteiger partial charge in [0.2, 0.25) is 0 Å². The van der Waals surface area contributed by atoms with E-state index in [9.17, 15) is 13.2 Å². The molecule has 2 aromatic carbocycles. The summed E-state index contributed by atoms with van der Waals surface area (Å²) in [6, 6.07) is 11.7. The van der Waals surface area contributed by atoms with Gasteiger partial charge in [0, 0.05) is 11.5 Å². The summed E-state index contributed by atoms with van der Waals surface area (Å²) in [7, 11) is -3.76. The lowest BCUT2D eigenvalue weighted by atomic mass is 9.92. The smallest absolute Gasteiger partial charge is 0.341 e. The average molecular weight is 405 g/mol. The molecule has 0 saturated carbocycles. The third kappa shape index (κ3) is 3.98. The molecule has 0 saturated heterocycles. The zero-order valence-corrected chi connectivity index (χ0v) is 16.3. The van der Waals surface area contributed by atoms with Crippen LogP contribution in [-0.2, 0) is 21.1 Å². The molecule has 2 atom stereocenters. The van der Waals surface area contributed by atoms with Crippen LogP contribution in [0.5, 0.6) is 11.5 Å². The Morgan fingerprint density at radius 1 is 1.29 bits per heavy atom. The molecule has 0 aliphatic carbocycles. The summed E-state index contributed by atoms with van der Waals surface area (Å²) in [4.78, 5) is 11.0. The second-order valence-corrected chi connectivity index (χ2v) is 8.71. The van der Waals surface area contributed by atoms with Gasteiger partial charge in [-0.2, -0.15) is 0 Å². The zero-order valence-electron chi connectivity index (χ0n) is 15.5. The Kier molecular flexibility index (Phi) is 5.90. The molecule has 1 aliphatic heterocycles. The van der Waals surface area contributed by atoms with Gasteiger partial charge in [-0.15, -0.1) is 0 Å². The number of hydrogen-bond acceptors (Lipinski definition) is 6. The maximum atomic E-state index is 13.1. The summed E-state index contributed by atoms with van der Waals surface area (Å²) in [5, 5.41) is 7.67. The van der Waals surface area contributed by atoms with Crippen LogP contribution in [0.1, 0.15) is 30.4 Å². The molecule has 0 fully saturated rings. The van der Waals surface area contributed by atoms with Crippen molar-refractivity contribution in [1.29, 1.82) is 0 Å². The van der Waals surface area contributed by atoms with Crippen LogP contribution in [0, 0.1) is 0 Å². The van der Waals surface area contributed by atoms with E-state index in [1.165, 1.54) is 0 Å². The van der Waals surface area contributed by atoms with Crippen LogP contribution in [0.25, 0.3) is 0 Å². The summed E-state index contributed by atoms with van der Waals surface area (Å²) >= 11 is 0. The molecule has 3 N–H and O–H groups in total. The first-order valence-corrected chi connectivity index (χ1v) is 10.6. The number of benzene rings is 2. The van der Waals surface area contributed by atoms with Crippen molar-refractivity contribution in [3.05, 3.63) is 53.6 Å². The highest BCUT2D eigenvalue weighted by Crippen LogP contribution is 2.43. The van der Waals surface area contributed by atoms with Gasteiger partial charge in [0.1, 0.15) is 5.37 Å². The Labute approximate surface area is 164 Å². The Morgan fingerprint density at radius 2 is 2.00 bits per heavy atom. The molecule has 28 heavy (non-hydrogen) atoms. The maximum Gasteiger partial charge on any atom is 0.341 e. The van der Waals surface area contributed by atoms with Crippen molar-refractivity contribution in [3.8, 4) is 11.5 Å². The SMILES string of the molecule is CCc1ccc(S(=O)(=O)C(N)C2CCOc3c(OCC(=O)O)cccc32)cc1. The number of carbonyl (C=O) groups is 1. The first-order valence-electron chi connectivity index (χ1n) is 9.03. The van der Waals surface area contributed by atoms with E-state index in [2.05, 4.69) is 0 Å². The number of hydrogen-bond donors (Lipinski definition) is 2. The molecule has 1 aliphatic rings. The molecule has 0 amide bonds. The first-order chi connectivity index (χ1) is 13.3. The molecule has 1 heterocycles. The first kappa shape index (κ1) is 20.2. The number of rotatable bonds is 7. The van der Waals surface area contributed by atoms with E-state index >= 15 is 0 Å². The zero-order chi connectivity index (χ0) is 20.3.